The molecule has 7 heteroatoms. The van der Waals surface area contributed by atoms with Crippen molar-refractivity contribution >= 4 is 35.4 Å². The summed E-state index contributed by atoms with van der Waals surface area (Å²) in [6.07, 6.45) is 3.33. The van der Waals surface area contributed by atoms with Gasteiger partial charge in [-0.3, -0.25) is 0 Å². The lowest BCUT2D eigenvalue weighted by Gasteiger charge is -2.17. The van der Waals surface area contributed by atoms with Gasteiger partial charge >= 0.3 is 5.97 Å². The largest absolute Gasteiger partial charge is 0.480 e. The zero-order valence-electron chi connectivity index (χ0n) is 11.8. The van der Waals surface area contributed by atoms with Gasteiger partial charge in [0.25, 0.3) is 0 Å². The van der Waals surface area contributed by atoms with Gasteiger partial charge in [-0.25, -0.2) is 4.79 Å². The standard InChI is InChI=1S/C15H15Cl2NO4/c1-7-3-15(7)4-8-2-10(22-6-11(19)20)13(16)14(17)12(8)9(15)5-18-21/h2,5,7,9,21H,3-4,6H2,1H3,(H,19,20)/b18-5-. The van der Waals surface area contributed by atoms with E-state index < -0.39 is 12.6 Å². The normalized spacial score (nSPS) is 29.0. The van der Waals surface area contributed by atoms with Crippen LogP contribution in [0, 0.1) is 11.3 Å². The van der Waals surface area contributed by atoms with Crippen molar-refractivity contribution < 1.29 is 19.8 Å². The molecule has 2 N–H and O–H groups in total. The quantitative estimate of drug-likeness (QED) is 0.497. The molecule has 3 unspecified atom stereocenters. The van der Waals surface area contributed by atoms with Crippen LogP contribution in [0.3, 0.4) is 0 Å². The number of benzene rings is 1. The van der Waals surface area contributed by atoms with Crippen LogP contribution in [-0.4, -0.2) is 29.1 Å². The van der Waals surface area contributed by atoms with Crippen LogP contribution in [0.25, 0.3) is 0 Å². The smallest absolute Gasteiger partial charge is 0.341 e. The number of aliphatic carboxylic acids is 1. The Hall–Kier alpha value is -1.46. The Morgan fingerprint density at radius 1 is 1.55 bits per heavy atom. The summed E-state index contributed by atoms with van der Waals surface area (Å²) >= 11 is 12.6. The van der Waals surface area contributed by atoms with Gasteiger partial charge in [-0.1, -0.05) is 30.1 Å². The Bertz CT molecular complexity index is 676. The molecule has 0 heterocycles. The number of nitrogens with zero attached hydrogens (tertiary/aromatic N) is 1. The Balaban J connectivity index is 2.03. The van der Waals surface area contributed by atoms with Crippen molar-refractivity contribution in [3.8, 4) is 5.75 Å². The van der Waals surface area contributed by atoms with Gasteiger partial charge in [-0.05, 0) is 41.4 Å². The molecule has 1 aromatic rings. The summed E-state index contributed by atoms with van der Waals surface area (Å²) in [5.41, 5.74) is 1.85. The van der Waals surface area contributed by atoms with Crippen molar-refractivity contribution in [1.82, 2.24) is 0 Å². The molecule has 1 spiro atoms. The molecule has 5 nitrogen and oxygen atoms in total. The third kappa shape index (κ3) is 2.23. The molecular weight excluding hydrogens is 329 g/mol. The fourth-order valence-corrected chi connectivity index (χ4v) is 4.17. The molecule has 1 fully saturated rings. The first-order valence-electron chi connectivity index (χ1n) is 6.93. The Morgan fingerprint density at radius 2 is 2.23 bits per heavy atom. The summed E-state index contributed by atoms with van der Waals surface area (Å²) in [4.78, 5) is 10.6. The van der Waals surface area contributed by atoms with Gasteiger partial charge in [0.2, 0.25) is 0 Å². The molecule has 3 rings (SSSR count). The van der Waals surface area contributed by atoms with E-state index in [0.29, 0.717) is 10.9 Å². The summed E-state index contributed by atoms with van der Waals surface area (Å²) in [5.74, 6) is -0.384. The van der Waals surface area contributed by atoms with Crippen molar-refractivity contribution in [2.45, 2.75) is 25.7 Å². The zero-order valence-corrected chi connectivity index (χ0v) is 13.4. The molecule has 3 atom stereocenters. The highest BCUT2D eigenvalue weighted by Crippen LogP contribution is 2.68. The second-order valence-electron chi connectivity index (χ2n) is 6.02. The predicted octanol–water partition coefficient (Wildman–Crippen LogP) is 3.58. The molecule has 0 aromatic heterocycles. The monoisotopic (exact) mass is 343 g/mol. The molecule has 1 aromatic carbocycles. The predicted molar refractivity (Wildman–Crippen MR) is 82.5 cm³/mol. The second kappa shape index (κ2) is 5.32. The lowest BCUT2D eigenvalue weighted by atomic mass is 9.88. The average Bonchev–Trinajstić information content (AvgIpc) is 2.99. The first-order valence-corrected chi connectivity index (χ1v) is 7.69. The van der Waals surface area contributed by atoms with Gasteiger partial charge < -0.3 is 15.1 Å². The van der Waals surface area contributed by atoms with Crippen LogP contribution in [0.5, 0.6) is 5.75 Å². The van der Waals surface area contributed by atoms with E-state index in [1.165, 1.54) is 6.21 Å². The van der Waals surface area contributed by atoms with Crippen molar-refractivity contribution in [3.63, 3.8) is 0 Å². The van der Waals surface area contributed by atoms with Crippen LogP contribution in [0.4, 0.5) is 0 Å². The number of carbonyl (C=O) groups is 1. The molecule has 118 valence electrons. The lowest BCUT2D eigenvalue weighted by molar-refractivity contribution is -0.139. The first-order chi connectivity index (χ1) is 10.4. The van der Waals surface area contributed by atoms with E-state index in [-0.39, 0.29) is 22.1 Å². The zero-order chi connectivity index (χ0) is 16.1. The number of oxime groups is 1. The summed E-state index contributed by atoms with van der Waals surface area (Å²) in [6, 6.07) is 1.75. The number of hydrogen-bond acceptors (Lipinski definition) is 4. The number of ether oxygens (including phenoxy) is 1. The van der Waals surface area contributed by atoms with E-state index in [0.717, 1.165) is 24.0 Å². The first kappa shape index (κ1) is 15.4. The van der Waals surface area contributed by atoms with Crippen LogP contribution >= 0.6 is 23.2 Å². The number of fused-ring (bicyclic) bond motifs is 1. The van der Waals surface area contributed by atoms with E-state index in [4.69, 9.17) is 38.3 Å². The number of rotatable bonds is 4. The van der Waals surface area contributed by atoms with Crippen LogP contribution in [-0.2, 0) is 11.2 Å². The molecule has 0 amide bonds. The molecule has 0 aliphatic heterocycles. The van der Waals surface area contributed by atoms with Gasteiger partial charge in [0.1, 0.15) is 10.8 Å². The summed E-state index contributed by atoms with van der Waals surface area (Å²) < 4.78 is 5.22. The minimum atomic E-state index is -1.08. The maximum Gasteiger partial charge on any atom is 0.341 e. The summed E-state index contributed by atoms with van der Waals surface area (Å²) in [7, 11) is 0. The number of carboxylic acids is 1. The fraction of sp³-hybridized carbons (Fsp3) is 0.467. The SMILES string of the molecule is CC1CC12Cc1cc(OCC(=O)O)c(Cl)c(Cl)c1C2/C=N\O. The van der Waals surface area contributed by atoms with Crippen LogP contribution in [0.1, 0.15) is 30.4 Å². The van der Waals surface area contributed by atoms with Crippen molar-refractivity contribution in [2.75, 3.05) is 6.61 Å². The topological polar surface area (TPSA) is 79.1 Å². The van der Waals surface area contributed by atoms with Crippen molar-refractivity contribution in [2.24, 2.45) is 16.5 Å². The van der Waals surface area contributed by atoms with Crippen molar-refractivity contribution in [1.29, 1.82) is 0 Å². The van der Waals surface area contributed by atoms with Gasteiger partial charge in [-0.2, -0.15) is 0 Å². The van der Waals surface area contributed by atoms with Crippen LogP contribution in [0.2, 0.25) is 10.0 Å². The minimum Gasteiger partial charge on any atom is -0.480 e. The van der Waals surface area contributed by atoms with E-state index in [9.17, 15) is 4.79 Å². The molecule has 2 aliphatic carbocycles. The van der Waals surface area contributed by atoms with Crippen molar-refractivity contribution in [3.05, 3.63) is 27.2 Å². The number of hydrogen-bond donors (Lipinski definition) is 2. The second-order valence-corrected chi connectivity index (χ2v) is 6.77. The Kier molecular flexibility index (Phi) is 3.73. The molecule has 2 aliphatic rings. The minimum absolute atomic E-state index is 0.0208. The third-order valence-electron chi connectivity index (χ3n) is 4.82. The van der Waals surface area contributed by atoms with Gasteiger partial charge in [0, 0.05) is 5.92 Å². The highest BCUT2D eigenvalue weighted by molar-refractivity contribution is 6.43. The Morgan fingerprint density at radius 3 is 2.77 bits per heavy atom. The highest BCUT2D eigenvalue weighted by Gasteiger charge is 2.60. The van der Waals surface area contributed by atoms with E-state index in [1.807, 2.05) is 0 Å². The van der Waals surface area contributed by atoms with Gasteiger partial charge in [0.05, 0.1) is 11.2 Å². The number of carboxylic acid groups (broad SMARTS) is 1. The van der Waals surface area contributed by atoms with Crippen LogP contribution < -0.4 is 4.74 Å². The molecule has 0 saturated heterocycles. The maximum atomic E-state index is 10.6. The van der Waals surface area contributed by atoms with Gasteiger partial charge in [0.15, 0.2) is 6.61 Å². The van der Waals surface area contributed by atoms with Gasteiger partial charge in [-0.15, -0.1) is 5.16 Å². The molecule has 22 heavy (non-hydrogen) atoms. The molecule has 1 saturated carbocycles. The third-order valence-corrected chi connectivity index (χ3v) is 5.69. The number of halogens is 2. The van der Waals surface area contributed by atoms with E-state index in [2.05, 4.69) is 12.1 Å². The molecule has 0 bridgehead atoms. The van der Waals surface area contributed by atoms with Crippen LogP contribution in [0.15, 0.2) is 11.2 Å². The molecular formula is C15H15Cl2NO4. The maximum absolute atomic E-state index is 10.6. The fourth-order valence-electron chi connectivity index (χ4n) is 3.63. The highest BCUT2D eigenvalue weighted by atomic mass is 35.5. The van der Waals surface area contributed by atoms with E-state index in [1.54, 1.807) is 6.07 Å². The Labute approximate surface area is 137 Å². The average molecular weight is 344 g/mol. The lowest BCUT2D eigenvalue weighted by Crippen LogP contribution is -2.12. The molecule has 0 radical (unpaired) electrons. The summed E-state index contributed by atoms with van der Waals surface area (Å²) in [6.45, 7) is 1.68. The summed E-state index contributed by atoms with van der Waals surface area (Å²) in [5, 5.41) is 21.4. The van der Waals surface area contributed by atoms with E-state index >= 15 is 0 Å².